The summed E-state index contributed by atoms with van der Waals surface area (Å²) >= 11 is 0. The van der Waals surface area contributed by atoms with Crippen molar-refractivity contribution in [3.8, 4) is 40.2 Å². The third-order valence-corrected chi connectivity index (χ3v) is 7.33. The van der Waals surface area contributed by atoms with E-state index in [9.17, 15) is 5.26 Å². The van der Waals surface area contributed by atoms with Crippen LogP contribution in [0, 0.1) is 44.2 Å². The minimum atomic E-state index is -2.29. The van der Waals surface area contributed by atoms with Crippen molar-refractivity contribution in [1.29, 1.82) is 5.26 Å². The summed E-state index contributed by atoms with van der Waals surface area (Å²) in [5.74, 6) is 1.34. The fourth-order valence-electron chi connectivity index (χ4n) is 5.43. The molecule has 0 atom stereocenters. The summed E-state index contributed by atoms with van der Waals surface area (Å²) in [5.41, 5.74) is 7.35. The van der Waals surface area contributed by atoms with Crippen molar-refractivity contribution in [2.45, 2.75) is 20.7 Å². The number of ether oxygens (including phenoxy) is 1. The van der Waals surface area contributed by atoms with Gasteiger partial charge in [0.15, 0.2) is 0 Å². The number of nitriles is 1. The van der Waals surface area contributed by atoms with E-state index in [0.29, 0.717) is 28.4 Å². The van der Waals surface area contributed by atoms with Crippen LogP contribution >= 0.6 is 0 Å². The zero-order valence-corrected chi connectivity index (χ0v) is 25.5. The van der Waals surface area contributed by atoms with E-state index in [1.807, 2.05) is 59.4 Å². The second-order valence-corrected chi connectivity index (χ2v) is 10.1. The van der Waals surface area contributed by atoms with E-state index < -0.39 is 6.85 Å². The third-order valence-electron chi connectivity index (χ3n) is 7.33. The summed E-state index contributed by atoms with van der Waals surface area (Å²) in [6.45, 7) is 1.89. The first-order chi connectivity index (χ1) is 21.7. The average molecular weight is 742 g/mol. The minimum absolute atomic E-state index is 0. The average Bonchev–Trinajstić information content (AvgIpc) is 3.63. The molecule has 7 heteroatoms. The number of benzene rings is 4. The molecule has 7 aromatic rings. The van der Waals surface area contributed by atoms with Gasteiger partial charge in [0.2, 0.25) is 0 Å². The molecule has 3 heterocycles. The fraction of sp³-hybridized carbons (Fsp3) is 0.0833. The number of pyridine rings is 1. The standard InChI is InChI=1S/C36H25N5O.Pt/c1-23-14-15-38-35(16-23)41-33-13-10-26(20-37)17-32(33)31-12-11-30(19-34(31)41)42-29-9-5-8-28(18-29)40-22-27(21-39-40)36-24(2)6-4-7-25(36)3;/h4-17,21-22H,1-3H3;/q-2;+2/i1D3;. The molecule has 7 rings (SSSR count). The Balaban J connectivity index is 0.00000372. The van der Waals surface area contributed by atoms with Crippen LogP contribution < -0.4 is 4.74 Å². The van der Waals surface area contributed by atoms with Crippen LogP contribution in [0.25, 0.3) is 44.4 Å². The Hall–Kier alpha value is -4.98. The van der Waals surface area contributed by atoms with Gasteiger partial charge in [-0.15, -0.1) is 35.7 Å². The molecule has 0 unspecified atom stereocenters. The Morgan fingerprint density at radius 3 is 2.53 bits per heavy atom. The van der Waals surface area contributed by atoms with Gasteiger partial charge < -0.3 is 9.30 Å². The molecule has 4 aromatic carbocycles. The van der Waals surface area contributed by atoms with Crippen molar-refractivity contribution < 1.29 is 29.9 Å². The van der Waals surface area contributed by atoms with Crippen LogP contribution in [-0.4, -0.2) is 19.3 Å². The Kier molecular flexibility index (Phi) is 6.50. The Morgan fingerprint density at radius 2 is 1.72 bits per heavy atom. The van der Waals surface area contributed by atoms with Crippen LogP contribution in [0.1, 0.15) is 26.4 Å². The van der Waals surface area contributed by atoms with Crippen molar-refractivity contribution in [3.05, 3.63) is 132 Å². The number of rotatable bonds is 5. The van der Waals surface area contributed by atoms with Crippen LogP contribution in [0.4, 0.5) is 0 Å². The van der Waals surface area contributed by atoms with Gasteiger partial charge in [0.05, 0.1) is 17.8 Å². The molecule has 3 aromatic heterocycles. The number of aryl methyl sites for hydroxylation is 3. The van der Waals surface area contributed by atoms with E-state index in [2.05, 4.69) is 60.3 Å². The SMILES string of the molecule is [2H]C([2H])([2H])c1ccnc(-n2c3[c-]c(Oc4[c-]c(-n5cc(-c6c(C)cccc6C)cn5)ccc4)ccc3c3cc(C#N)ccc32)c1.[Pt+2]. The monoisotopic (exact) mass is 741 g/mol. The molecule has 43 heavy (non-hydrogen) atoms. The van der Waals surface area contributed by atoms with Crippen molar-refractivity contribution in [2.75, 3.05) is 0 Å². The summed E-state index contributed by atoms with van der Waals surface area (Å²) in [4.78, 5) is 4.50. The summed E-state index contributed by atoms with van der Waals surface area (Å²) in [6, 6.07) is 32.8. The molecule has 0 saturated heterocycles. The molecule has 0 spiro atoms. The van der Waals surface area contributed by atoms with Crippen LogP contribution in [0.2, 0.25) is 0 Å². The van der Waals surface area contributed by atoms with Crippen LogP contribution in [0.15, 0.2) is 97.5 Å². The van der Waals surface area contributed by atoms with Gasteiger partial charge in [-0.3, -0.25) is 4.68 Å². The van der Waals surface area contributed by atoms with E-state index in [4.69, 9.17) is 8.85 Å². The van der Waals surface area contributed by atoms with Gasteiger partial charge in [0.1, 0.15) is 5.82 Å². The molecule has 0 N–H and O–H groups in total. The molecule has 0 fully saturated rings. The zero-order valence-electron chi connectivity index (χ0n) is 26.2. The first-order valence-electron chi connectivity index (χ1n) is 14.9. The van der Waals surface area contributed by atoms with Gasteiger partial charge in [0, 0.05) is 39.1 Å². The van der Waals surface area contributed by atoms with Gasteiger partial charge in [-0.05, 0) is 84.4 Å². The predicted octanol–water partition coefficient (Wildman–Crippen LogP) is 8.22. The first-order valence-corrected chi connectivity index (χ1v) is 13.4. The fourth-order valence-corrected chi connectivity index (χ4v) is 5.43. The Labute approximate surface area is 268 Å². The third kappa shape index (κ3) is 5.14. The quantitative estimate of drug-likeness (QED) is 0.167. The maximum Gasteiger partial charge on any atom is 2.00 e. The van der Waals surface area contributed by atoms with Gasteiger partial charge in [-0.2, -0.15) is 22.5 Å². The maximum atomic E-state index is 9.55. The summed E-state index contributed by atoms with van der Waals surface area (Å²) in [6.07, 6.45) is 5.32. The molecular formula is C36H25N5OPt. The summed E-state index contributed by atoms with van der Waals surface area (Å²) in [5, 5.41) is 15.8. The maximum absolute atomic E-state index is 9.55. The molecule has 0 aliphatic rings. The Morgan fingerprint density at radius 1 is 0.907 bits per heavy atom. The van der Waals surface area contributed by atoms with Crippen molar-refractivity contribution in [1.82, 2.24) is 19.3 Å². The van der Waals surface area contributed by atoms with Crippen LogP contribution in [0.3, 0.4) is 0 Å². The van der Waals surface area contributed by atoms with E-state index >= 15 is 0 Å². The van der Waals surface area contributed by atoms with Crippen molar-refractivity contribution in [2.24, 2.45) is 0 Å². The molecule has 0 saturated carbocycles. The molecule has 0 bridgehead atoms. The minimum Gasteiger partial charge on any atom is -0.509 e. The van der Waals surface area contributed by atoms with E-state index in [1.165, 1.54) is 23.4 Å². The van der Waals surface area contributed by atoms with E-state index in [0.717, 1.165) is 33.1 Å². The smallest absolute Gasteiger partial charge is 0.509 e. The van der Waals surface area contributed by atoms with E-state index in [-0.39, 0.29) is 26.6 Å². The Bertz CT molecular complexity index is 2280. The molecule has 210 valence electrons. The molecule has 0 aliphatic heterocycles. The molecule has 6 nitrogen and oxygen atoms in total. The number of nitrogens with zero attached hydrogens (tertiary/aromatic N) is 5. The molecular weight excluding hydrogens is 714 g/mol. The topological polar surface area (TPSA) is 68.7 Å². The number of aromatic nitrogens is 4. The molecule has 0 amide bonds. The number of hydrogen-bond acceptors (Lipinski definition) is 4. The normalized spacial score (nSPS) is 12.3. The predicted molar refractivity (Wildman–Crippen MR) is 164 cm³/mol. The first kappa shape index (κ1) is 24.6. The largest absolute Gasteiger partial charge is 2.00 e. The summed E-state index contributed by atoms with van der Waals surface area (Å²) < 4.78 is 33.6. The summed E-state index contributed by atoms with van der Waals surface area (Å²) in [7, 11) is 0. The number of hydrogen-bond donors (Lipinski definition) is 0. The van der Waals surface area contributed by atoms with E-state index in [1.54, 1.807) is 16.8 Å². The number of fused-ring (bicyclic) bond motifs is 3. The van der Waals surface area contributed by atoms with Gasteiger partial charge in [0.25, 0.3) is 0 Å². The van der Waals surface area contributed by atoms with Crippen LogP contribution in [-0.2, 0) is 21.1 Å². The van der Waals surface area contributed by atoms with Gasteiger partial charge in [-0.25, -0.2) is 4.98 Å². The molecule has 0 aliphatic carbocycles. The van der Waals surface area contributed by atoms with Crippen LogP contribution in [0.5, 0.6) is 11.5 Å². The second kappa shape index (κ2) is 11.4. The van der Waals surface area contributed by atoms with Crippen molar-refractivity contribution in [3.63, 3.8) is 0 Å². The van der Waals surface area contributed by atoms with Gasteiger partial charge in [-0.1, -0.05) is 23.7 Å². The molecule has 0 radical (unpaired) electrons. The second-order valence-electron chi connectivity index (χ2n) is 10.1. The van der Waals surface area contributed by atoms with Gasteiger partial charge >= 0.3 is 21.1 Å². The van der Waals surface area contributed by atoms with Crippen molar-refractivity contribution >= 4 is 21.8 Å². The zero-order chi connectivity index (χ0) is 31.3.